The molecule has 0 fully saturated rings. The molecule has 1 amide bonds. The Labute approximate surface area is 147 Å². The van der Waals surface area contributed by atoms with E-state index in [1.165, 1.54) is 0 Å². The van der Waals surface area contributed by atoms with Crippen LogP contribution in [0.25, 0.3) is 0 Å². The molecule has 0 aliphatic heterocycles. The van der Waals surface area contributed by atoms with Gasteiger partial charge < -0.3 is 14.8 Å². The van der Waals surface area contributed by atoms with Gasteiger partial charge in [-0.25, -0.2) is 0 Å². The average Bonchev–Trinajstić information content (AvgIpc) is 2.61. The van der Waals surface area contributed by atoms with Crippen LogP contribution < -0.4 is 14.8 Å². The van der Waals surface area contributed by atoms with Crippen LogP contribution in [0.2, 0.25) is 5.02 Å². The fourth-order valence-electron chi connectivity index (χ4n) is 2.38. The van der Waals surface area contributed by atoms with E-state index >= 15 is 0 Å². The maximum atomic E-state index is 12.0. The Bertz CT molecular complexity index is 671. The number of amides is 1. The lowest BCUT2D eigenvalue weighted by Crippen LogP contribution is -2.25. The van der Waals surface area contributed by atoms with Crippen molar-refractivity contribution >= 4 is 17.5 Å². The van der Waals surface area contributed by atoms with Crippen LogP contribution in [-0.2, 0) is 17.6 Å². The quantitative estimate of drug-likeness (QED) is 0.793. The number of methoxy groups -OCH3 is 2. The smallest absolute Gasteiger partial charge is 0.220 e. The van der Waals surface area contributed by atoms with Gasteiger partial charge in [-0.15, -0.1) is 0 Å². The summed E-state index contributed by atoms with van der Waals surface area (Å²) in [6, 6.07) is 13.4. The predicted molar refractivity (Wildman–Crippen MR) is 96.0 cm³/mol. The Morgan fingerprint density at radius 3 is 2.29 bits per heavy atom. The molecule has 0 aliphatic carbocycles. The van der Waals surface area contributed by atoms with E-state index in [0.29, 0.717) is 30.9 Å². The normalized spacial score (nSPS) is 10.3. The second-order valence-corrected chi connectivity index (χ2v) is 5.85. The SMILES string of the molecule is COc1ccc(CCC(=O)NCCc2ccc(Cl)cc2)cc1OC. The molecule has 5 heteroatoms. The maximum absolute atomic E-state index is 12.0. The number of rotatable bonds is 8. The Balaban J connectivity index is 1.75. The summed E-state index contributed by atoms with van der Waals surface area (Å²) in [5, 5.41) is 3.66. The highest BCUT2D eigenvalue weighted by atomic mass is 35.5. The topological polar surface area (TPSA) is 47.6 Å². The summed E-state index contributed by atoms with van der Waals surface area (Å²) in [7, 11) is 3.21. The first-order chi connectivity index (χ1) is 11.6. The first-order valence-corrected chi connectivity index (χ1v) is 8.22. The summed E-state index contributed by atoms with van der Waals surface area (Å²) < 4.78 is 10.5. The first-order valence-electron chi connectivity index (χ1n) is 7.84. The third-order valence-electron chi connectivity index (χ3n) is 3.74. The molecule has 2 aromatic carbocycles. The molecule has 0 atom stereocenters. The summed E-state index contributed by atoms with van der Waals surface area (Å²) in [4.78, 5) is 12.0. The molecule has 0 spiro atoms. The summed E-state index contributed by atoms with van der Waals surface area (Å²) >= 11 is 5.85. The summed E-state index contributed by atoms with van der Waals surface area (Å²) in [5.74, 6) is 1.41. The van der Waals surface area contributed by atoms with E-state index in [2.05, 4.69) is 5.32 Å². The monoisotopic (exact) mass is 347 g/mol. The zero-order valence-electron chi connectivity index (χ0n) is 14.0. The fourth-order valence-corrected chi connectivity index (χ4v) is 2.51. The zero-order chi connectivity index (χ0) is 17.4. The van der Waals surface area contributed by atoms with Gasteiger partial charge in [0, 0.05) is 18.0 Å². The second-order valence-electron chi connectivity index (χ2n) is 5.42. The minimum Gasteiger partial charge on any atom is -0.493 e. The van der Waals surface area contributed by atoms with Crippen molar-refractivity contribution in [3.63, 3.8) is 0 Å². The van der Waals surface area contributed by atoms with Crippen LogP contribution in [0.4, 0.5) is 0 Å². The Kier molecular flexibility index (Phi) is 6.94. The third-order valence-corrected chi connectivity index (χ3v) is 3.99. The molecule has 0 heterocycles. The zero-order valence-corrected chi connectivity index (χ0v) is 14.7. The lowest BCUT2D eigenvalue weighted by Gasteiger charge is -2.10. The van der Waals surface area contributed by atoms with Crippen molar-refractivity contribution in [3.8, 4) is 11.5 Å². The lowest BCUT2D eigenvalue weighted by atomic mass is 10.1. The van der Waals surface area contributed by atoms with E-state index in [0.717, 1.165) is 22.6 Å². The van der Waals surface area contributed by atoms with E-state index in [1.807, 2.05) is 42.5 Å². The van der Waals surface area contributed by atoms with Crippen molar-refractivity contribution in [2.24, 2.45) is 0 Å². The fraction of sp³-hybridized carbons (Fsp3) is 0.316. The molecule has 0 saturated heterocycles. The van der Waals surface area contributed by atoms with Crippen LogP contribution in [0.5, 0.6) is 11.5 Å². The molecule has 0 aromatic heterocycles. The molecule has 128 valence electrons. The Morgan fingerprint density at radius 1 is 0.958 bits per heavy atom. The van der Waals surface area contributed by atoms with Crippen molar-refractivity contribution < 1.29 is 14.3 Å². The number of carbonyl (C=O) groups is 1. The molecule has 0 radical (unpaired) electrons. The molecular formula is C19H22ClNO3. The average molecular weight is 348 g/mol. The molecule has 0 aliphatic rings. The molecule has 2 aromatic rings. The minimum absolute atomic E-state index is 0.0405. The van der Waals surface area contributed by atoms with Crippen LogP contribution in [-0.4, -0.2) is 26.7 Å². The van der Waals surface area contributed by atoms with Gasteiger partial charge in [-0.2, -0.15) is 0 Å². The number of hydrogen-bond acceptors (Lipinski definition) is 3. The molecule has 0 saturated carbocycles. The summed E-state index contributed by atoms with van der Waals surface area (Å²) in [6.07, 6.45) is 1.89. The number of hydrogen-bond donors (Lipinski definition) is 1. The maximum Gasteiger partial charge on any atom is 0.220 e. The van der Waals surface area contributed by atoms with Crippen molar-refractivity contribution in [3.05, 3.63) is 58.6 Å². The van der Waals surface area contributed by atoms with Crippen LogP contribution >= 0.6 is 11.6 Å². The van der Waals surface area contributed by atoms with Gasteiger partial charge in [-0.05, 0) is 48.2 Å². The van der Waals surface area contributed by atoms with E-state index in [-0.39, 0.29) is 5.91 Å². The minimum atomic E-state index is 0.0405. The molecule has 0 unspecified atom stereocenters. The van der Waals surface area contributed by atoms with Crippen molar-refractivity contribution in [2.75, 3.05) is 20.8 Å². The molecule has 1 N–H and O–H groups in total. The van der Waals surface area contributed by atoms with Crippen LogP contribution in [0, 0.1) is 0 Å². The van der Waals surface area contributed by atoms with E-state index < -0.39 is 0 Å². The number of ether oxygens (including phenoxy) is 2. The van der Waals surface area contributed by atoms with Gasteiger partial charge in [0.25, 0.3) is 0 Å². The van der Waals surface area contributed by atoms with Crippen molar-refractivity contribution in [2.45, 2.75) is 19.3 Å². The van der Waals surface area contributed by atoms with Crippen molar-refractivity contribution in [1.29, 1.82) is 0 Å². The van der Waals surface area contributed by atoms with E-state index in [4.69, 9.17) is 21.1 Å². The van der Waals surface area contributed by atoms with Gasteiger partial charge >= 0.3 is 0 Å². The third kappa shape index (κ3) is 5.46. The molecule has 24 heavy (non-hydrogen) atoms. The molecular weight excluding hydrogens is 326 g/mol. The number of aryl methyl sites for hydroxylation is 1. The van der Waals surface area contributed by atoms with Crippen LogP contribution in [0.15, 0.2) is 42.5 Å². The Morgan fingerprint density at radius 2 is 1.62 bits per heavy atom. The molecule has 2 rings (SSSR count). The van der Waals surface area contributed by atoms with Crippen molar-refractivity contribution in [1.82, 2.24) is 5.32 Å². The van der Waals surface area contributed by atoms with Gasteiger partial charge in [0.15, 0.2) is 11.5 Å². The number of carbonyl (C=O) groups excluding carboxylic acids is 1. The number of nitrogens with one attached hydrogen (secondary N) is 1. The van der Waals surface area contributed by atoms with Gasteiger partial charge in [0.2, 0.25) is 5.91 Å². The van der Waals surface area contributed by atoms with Crippen LogP contribution in [0.1, 0.15) is 17.5 Å². The highest BCUT2D eigenvalue weighted by molar-refractivity contribution is 6.30. The molecule has 4 nitrogen and oxygen atoms in total. The predicted octanol–water partition coefficient (Wildman–Crippen LogP) is 3.65. The Hall–Kier alpha value is -2.20. The first kappa shape index (κ1) is 18.1. The van der Waals surface area contributed by atoms with Gasteiger partial charge in [0.1, 0.15) is 0 Å². The van der Waals surface area contributed by atoms with Gasteiger partial charge in [-0.1, -0.05) is 29.8 Å². The number of benzene rings is 2. The van der Waals surface area contributed by atoms with E-state index in [1.54, 1.807) is 14.2 Å². The molecule has 0 bridgehead atoms. The summed E-state index contributed by atoms with van der Waals surface area (Å²) in [6.45, 7) is 0.617. The van der Waals surface area contributed by atoms with Gasteiger partial charge in [0.05, 0.1) is 14.2 Å². The lowest BCUT2D eigenvalue weighted by molar-refractivity contribution is -0.121. The van der Waals surface area contributed by atoms with E-state index in [9.17, 15) is 4.79 Å². The second kappa shape index (κ2) is 9.18. The van der Waals surface area contributed by atoms with Gasteiger partial charge in [-0.3, -0.25) is 4.79 Å². The number of halogens is 1. The standard InChI is InChI=1S/C19H22ClNO3/c1-23-17-9-5-15(13-18(17)24-2)6-10-19(22)21-12-11-14-3-7-16(20)8-4-14/h3-5,7-9,13H,6,10-12H2,1-2H3,(H,21,22). The highest BCUT2D eigenvalue weighted by Gasteiger charge is 2.07. The highest BCUT2D eigenvalue weighted by Crippen LogP contribution is 2.27. The largest absolute Gasteiger partial charge is 0.493 e. The van der Waals surface area contributed by atoms with Crippen LogP contribution in [0.3, 0.4) is 0 Å². The summed E-state index contributed by atoms with van der Waals surface area (Å²) in [5.41, 5.74) is 2.19.